The molecular weight excluding hydrogens is 291 g/mol. The molecular formula is C19H15FN2O. The number of aromatic nitrogens is 1. The van der Waals surface area contributed by atoms with Crippen molar-refractivity contribution in [2.45, 2.75) is 18.9 Å². The fraction of sp³-hybridized carbons (Fsp3) is 0.158. The van der Waals surface area contributed by atoms with E-state index in [2.05, 4.69) is 10.3 Å². The Bertz CT molecular complexity index is 902. The second-order valence-corrected chi connectivity index (χ2v) is 5.78. The summed E-state index contributed by atoms with van der Waals surface area (Å²) in [7, 11) is 0. The number of fused-ring (bicyclic) bond motifs is 2. The van der Waals surface area contributed by atoms with Crippen LogP contribution in [0.1, 0.15) is 33.9 Å². The van der Waals surface area contributed by atoms with Crippen LogP contribution in [0.3, 0.4) is 0 Å². The molecule has 1 atom stereocenters. The molecule has 3 aromatic rings. The number of pyridine rings is 1. The summed E-state index contributed by atoms with van der Waals surface area (Å²) >= 11 is 0. The summed E-state index contributed by atoms with van der Waals surface area (Å²) in [6, 6.07) is 12.6. The third kappa shape index (κ3) is 2.36. The Morgan fingerprint density at radius 2 is 2.00 bits per heavy atom. The molecule has 1 amide bonds. The fourth-order valence-corrected chi connectivity index (χ4v) is 3.29. The van der Waals surface area contributed by atoms with E-state index in [1.165, 1.54) is 6.07 Å². The van der Waals surface area contributed by atoms with Crippen LogP contribution in [0.4, 0.5) is 4.39 Å². The molecule has 1 aromatic heterocycles. The molecule has 1 aliphatic carbocycles. The Kier molecular flexibility index (Phi) is 3.30. The van der Waals surface area contributed by atoms with E-state index in [-0.39, 0.29) is 17.8 Å². The van der Waals surface area contributed by atoms with Crippen LogP contribution in [0.15, 0.2) is 54.9 Å². The van der Waals surface area contributed by atoms with E-state index < -0.39 is 0 Å². The first-order valence-corrected chi connectivity index (χ1v) is 7.65. The maximum absolute atomic E-state index is 13.8. The molecule has 23 heavy (non-hydrogen) atoms. The number of amides is 1. The Morgan fingerprint density at radius 3 is 2.91 bits per heavy atom. The van der Waals surface area contributed by atoms with Crippen molar-refractivity contribution >= 4 is 16.7 Å². The first-order valence-electron chi connectivity index (χ1n) is 7.65. The lowest BCUT2D eigenvalue weighted by atomic mass is 10.1. The lowest BCUT2D eigenvalue weighted by molar-refractivity contribution is 0.0938. The van der Waals surface area contributed by atoms with Crippen molar-refractivity contribution in [3.05, 3.63) is 77.4 Å². The van der Waals surface area contributed by atoms with Gasteiger partial charge in [0.05, 0.1) is 11.6 Å². The van der Waals surface area contributed by atoms with Gasteiger partial charge in [-0.1, -0.05) is 36.4 Å². The van der Waals surface area contributed by atoms with Gasteiger partial charge in [-0.05, 0) is 35.4 Å². The monoisotopic (exact) mass is 306 g/mol. The minimum atomic E-state index is -0.189. The van der Waals surface area contributed by atoms with Gasteiger partial charge in [-0.2, -0.15) is 0 Å². The molecule has 1 N–H and O–H groups in total. The van der Waals surface area contributed by atoms with Crippen LogP contribution in [0.25, 0.3) is 10.8 Å². The molecule has 4 heteroatoms. The third-order valence-corrected chi connectivity index (χ3v) is 4.43. The van der Waals surface area contributed by atoms with Gasteiger partial charge in [0, 0.05) is 17.8 Å². The zero-order valence-corrected chi connectivity index (χ0v) is 12.4. The smallest absolute Gasteiger partial charge is 0.253 e. The van der Waals surface area contributed by atoms with Crippen LogP contribution in [-0.4, -0.2) is 10.9 Å². The van der Waals surface area contributed by atoms with Gasteiger partial charge < -0.3 is 5.32 Å². The summed E-state index contributed by atoms with van der Waals surface area (Å²) in [6.45, 7) is 0. The maximum Gasteiger partial charge on any atom is 0.253 e. The molecule has 1 aliphatic rings. The lowest BCUT2D eigenvalue weighted by Crippen LogP contribution is -2.27. The molecule has 0 fully saturated rings. The number of hydrogen-bond acceptors (Lipinski definition) is 2. The predicted octanol–water partition coefficient (Wildman–Crippen LogP) is 3.79. The summed E-state index contributed by atoms with van der Waals surface area (Å²) in [5, 5.41) is 4.83. The number of rotatable bonds is 2. The molecule has 0 aliphatic heterocycles. The zero-order valence-electron chi connectivity index (χ0n) is 12.4. The van der Waals surface area contributed by atoms with Crippen LogP contribution in [-0.2, 0) is 6.42 Å². The van der Waals surface area contributed by atoms with Crippen molar-refractivity contribution in [3.8, 4) is 0 Å². The summed E-state index contributed by atoms with van der Waals surface area (Å²) in [4.78, 5) is 16.8. The molecule has 1 unspecified atom stereocenters. The van der Waals surface area contributed by atoms with Gasteiger partial charge >= 0.3 is 0 Å². The number of nitrogens with zero attached hydrogens (tertiary/aromatic N) is 1. The number of carbonyl (C=O) groups excluding carboxylic acids is 1. The first kappa shape index (κ1) is 13.9. The highest BCUT2D eigenvalue weighted by Crippen LogP contribution is 2.33. The normalized spacial score (nSPS) is 16.3. The maximum atomic E-state index is 13.8. The number of benzene rings is 2. The van der Waals surface area contributed by atoms with E-state index in [1.54, 1.807) is 18.5 Å². The van der Waals surface area contributed by atoms with Gasteiger partial charge in [-0.15, -0.1) is 0 Å². The number of halogens is 1. The van der Waals surface area contributed by atoms with E-state index in [0.29, 0.717) is 17.5 Å². The quantitative estimate of drug-likeness (QED) is 0.782. The van der Waals surface area contributed by atoms with Crippen molar-refractivity contribution in [1.82, 2.24) is 10.3 Å². The van der Waals surface area contributed by atoms with Crippen LogP contribution >= 0.6 is 0 Å². The second-order valence-electron chi connectivity index (χ2n) is 5.78. The molecule has 0 saturated carbocycles. The average molecular weight is 306 g/mol. The van der Waals surface area contributed by atoms with E-state index >= 15 is 0 Å². The standard InChI is InChI=1S/C19H15FN2O/c20-17-7-3-6-15-14(17)8-9-18(15)22-19(23)16-11-21-10-12-4-1-2-5-13(12)16/h1-7,10-11,18H,8-9H2,(H,22,23). The molecule has 4 rings (SSSR count). The van der Waals surface area contributed by atoms with E-state index in [9.17, 15) is 9.18 Å². The molecule has 2 aromatic carbocycles. The zero-order chi connectivity index (χ0) is 15.8. The average Bonchev–Trinajstić information content (AvgIpc) is 2.99. The van der Waals surface area contributed by atoms with Gasteiger partial charge in [-0.3, -0.25) is 9.78 Å². The van der Waals surface area contributed by atoms with Gasteiger partial charge in [0.1, 0.15) is 5.82 Å². The number of carbonyl (C=O) groups is 1. The van der Waals surface area contributed by atoms with Crippen LogP contribution in [0.5, 0.6) is 0 Å². The van der Waals surface area contributed by atoms with E-state index in [1.807, 2.05) is 30.3 Å². The highest BCUT2D eigenvalue weighted by Gasteiger charge is 2.26. The number of hydrogen-bond donors (Lipinski definition) is 1. The van der Waals surface area contributed by atoms with Crippen LogP contribution in [0.2, 0.25) is 0 Å². The third-order valence-electron chi connectivity index (χ3n) is 4.43. The minimum absolute atomic E-state index is 0.146. The topological polar surface area (TPSA) is 42.0 Å². The van der Waals surface area contributed by atoms with Gasteiger partial charge in [0.25, 0.3) is 5.91 Å². The van der Waals surface area contributed by atoms with Crippen molar-refractivity contribution in [1.29, 1.82) is 0 Å². The number of nitrogens with one attached hydrogen (secondary N) is 1. The molecule has 3 nitrogen and oxygen atoms in total. The van der Waals surface area contributed by atoms with Gasteiger partial charge in [-0.25, -0.2) is 4.39 Å². The molecule has 0 spiro atoms. The van der Waals surface area contributed by atoms with Crippen molar-refractivity contribution in [3.63, 3.8) is 0 Å². The Hall–Kier alpha value is -2.75. The molecule has 114 valence electrons. The molecule has 1 heterocycles. The molecule has 0 radical (unpaired) electrons. The Morgan fingerprint density at radius 1 is 1.13 bits per heavy atom. The lowest BCUT2D eigenvalue weighted by Gasteiger charge is -2.15. The van der Waals surface area contributed by atoms with Crippen molar-refractivity contribution < 1.29 is 9.18 Å². The second kappa shape index (κ2) is 5.47. The SMILES string of the molecule is O=C(NC1CCc2c(F)cccc21)c1cncc2ccccc12. The molecule has 0 saturated heterocycles. The van der Waals surface area contributed by atoms with Crippen LogP contribution < -0.4 is 5.32 Å². The summed E-state index contributed by atoms with van der Waals surface area (Å²) in [5.41, 5.74) is 2.15. The first-order chi connectivity index (χ1) is 11.2. The van der Waals surface area contributed by atoms with Gasteiger partial charge in [0.2, 0.25) is 0 Å². The van der Waals surface area contributed by atoms with E-state index in [4.69, 9.17) is 0 Å². The van der Waals surface area contributed by atoms with Crippen LogP contribution in [0, 0.1) is 5.82 Å². The predicted molar refractivity (Wildman–Crippen MR) is 86.7 cm³/mol. The fourth-order valence-electron chi connectivity index (χ4n) is 3.29. The highest BCUT2D eigenvalue weighted by atomic mass is 19.1. The summed E-state index contributed by atoms with van der Waals surface area (Å²) in [6.07, 6.45) is 4.70. The summed E-state index contributed by atoms with van der Waals surface area (Å²) < 4.78 is 13.8. The Labute approximate surface area is 133 Å². The Balaban J connectivity index is 1.66. The summed E-state index contributed by atoms with van der Waals surface area (Å²) in [5.74, 6) is -0.359. The van der Waals surface area contributed by atoms with Crippen molar-refractivity contribution in [2.24, 2.45) is 0 Å². The van der Waals surface area contributed by atoms with E-state index in [0.717, 1.165) is 22.8 Å². The molecule has 0 bridgehead atoms. The highest BCUT2D eigenvalue weighted by molar-refractivity contribution is 6.06. The van der Waals surface area contributed by atoms with Gasteiger partial charge in [0.15, 0.2) is 0 Å². The minimum Gasteiger partial charge on any atom is -0.345 e. The largest absolute Gasteiger partial charge is 0.345 e. The van der Waals surface area contributed by atoms with Crippen molar-refractivity contribution in [2.75, 3.05) is 0 Å².